The monoisotopic (exact) mass is 323 g/mol. The van der Waals surface area contributed by atoms with E-state index in [1.54, 1.807) is 6.07 Å². The molecule has 6 nitrogen and oxygen atoms in total. The van der Waals surface area contributed by atoms with Crippen molar-refractivity contribution in [2.45, 2.75) is 6.10 Å². The molecule has 2 heterocycles. The second kappa shape index (κ2) is 7.75. The molecule has 0 amide bonds. The van der Waals surface area contributed by atoms with Crippen LogP contribution in [-0.4, -0.2) is 79.4 Å². The first-order valence-electron chi connectivity index (χ1n) is 7.35. The van der Waals surface area contributed by atoms with Gasteiger partial charge in [0.1, 0.15) is 11.9 Å². The molecule has 1 N–H and O–H groups in total. The summed E-state index contributed by atoms with van der Waals surface area (Å²) in [5.41, 5.74) is 0.431. The molecule has 0 aromatic carbocycles. The van der Waals surface area contributed by atoms with E-state index in [1.165, 1.54) is 6.20 Å². The summed E-state index contributed by atoms with van der Waals surface area (Å²) < 4.78 is 0. The van der Waals surface area contributed by atoms with E-state index in [9.17, 15) is 5.11 Å². The number of aliphatic hydroxyl groups excluding tert-OH is 1. The predicted octanol–water partition coefficient (Wildman–Crippen LogP) is 0.651. The summed E-state index contributed by atoms with van der Waals surface area (Å²) in [6.45, 7) is 5.12. The number of aromatic nitrogens is 1. The number of hydrogen-bond donors (Lipinski definition) is 1. The van der Waals surface area contributed by atoms with Crippen LogP contribution in [0.15, 0.2) is 12.3 Å². The fraction of sp³-hybridized carbons (Fsp3) is 0.600. The lowest BCUT2D eigenvalue weighted by atomic mass is 10.2. The zero-order chi connectivity index (χ0) is 16.1. The SMILES string of the molecule is CN1CCN(C[C@H](O)CN(C)c2ncc(C#N)cc2Cl)CC1. The Labute approximate surface area is 136 Å². The molecule has 0 unspecified atom stereocenters. The van der Waals surface area contributed by atoms with E-state index in [-0.39, 0.29) is 0 Å². The molecule has 1 saturated heterocycles. The van der Waals surface area contributed by atoms with Crippen LogP contribution < -0.4 is 4.90 Å². The normalized spacial score (nSPS) is 18.0. The smallest absolute Gasteiger partial charge is 0.147 e. The van der Waals surface area contributed by atoms with Crippen molar-refractivity contribution >= 4 is 17.4 Å². The number of pyridine rings is 1. The van der Waals surface area contributed by atoms with Crippen LogP contribution in [0.4, 0.5) is 5.82 Å². The molecule has 0 spiro atoms. The van der Waals surface area contributed by atoms with Crippen LogP contribution in [0.3, 0.4) is 0 Å². The second-order valence-electron chi connectivity index (χ2n) is 5.78. The molecule has 22 heavy (non-hydrogen) atoms. The molecule has 0 bridgehead atoms. The predicted molar refractivity (Wildman–Crippen MR) is 87.2 cm³/mol. The topological polar surface area (TPSA) is 66.6 Å². The summed E-state index contributed by atoms with van der Waals surface area (Å²) >= 11 is 6.14. The molecular weight excluding hydrogens is 302 g/mol. The zero-order valence-electron chi connectivity index (χ0n) is 13.0. The molecule has 1 aromatic heterocycles. The number of nitriles is 1. The van der Waals surface area contributed by atoms with Crippen molar-refractivity contribution in [1.82, 2.24) is 14.8 Å². The minimum absolute atomic E-state index is 0.424. The first-order valence-corrected chi connectivity index (χ1v) is 7.73. The number of hydrogen-bond acceptors (Lipinski definition) is 6. The second-order valence-corrected chi connectivity index (χ2v) is 6.19. The average Bonchev–Trinajstić information content (AvgIpc) is 2.49. The van der Waals surface area contributed by atoms with Crippen LogP contribution in [-0.2, 0) is 0 Å². The largest absolute Gasteiger partial charge is 0.390 e. The summed E-state index contributed by atoms with van der Waals surface area (Å²) in [7, 11) is 3.95. The van der Waals surface area contributed by atoms with E-state index in [2.05, 4.69) is 21.8 Å². The molecule has 2 rings (SSSR count). The van der Waals surface area contributed by atoms with E-state index in [0.717, 1.165) is 26.2 Å². The first-order chi connectivity index (χ1) is 10.5. The summed E-state index contributed by atoms with van der Waals surface area (Å²) in [6.07, 6.45) is 1.02. The third kappa shape index (κ3) is 4.55. The van der Waals surface area contributed by atoms with Gasteiger partial charge in [-0.25, -0.2) is 4.98 Å². The molecule has 1 aliphatic rings. The summed E-state index contributed by atoms with van der Waals surface area (Å²) in [4.78, 5) is 10.6. The van der Waals surface area contributed by atoms with Crippen molar-refractivity contribution in [3.63, 3.8) is 0 Å². The average molecular weight is 324 g/mol. The molecule has 120 valence electrons. The highest BCUT2D eigenvalue weighted by Gasteiger charge is 2.19. The summed E-state index contributed by atoms with van der Waals surface area (Å²) in [6, 6.07) is 3.60. The van der Waals surface area contributed by atoms with E-state index in [4.69, 9.17) is 16.9 Å². The Morgan fingerprint density at radius 3 is 2.73 bits per heavy atom. The van der Waals surface area contributed by atoms with Crippen molar-refractivity contribution in [2.75, 3.05) is 58.3 Å². The fourth-order valence-electron chi connectivity index (χ4n) is 2.56. The third-order valence-corrected chi connectivity index (χ3v) is 4.14. The third-order valence-electron chi connectivity index (χ3n) is 3.86. The van der Waals surface area contributed by atoms with E-state index in [1.807, 2.05) is 18.0 Å². The van der Waals surface area contributed by atoms with Crippen molar-refractivity contribution in [2.24, 2.45) is 0 Å². The van der Waals surface area contributed by atoms with Gasteiger partial charge < -0.3 is 14.9 Å². The van der Waals surface area contributed by atoms with Crippen LogP contribution in [0.25, 0.3) is 0 Å². The maximum absolute atomic E-state index is 10.3. The molecule has 0 saturated carbocycles. The van der Waals surface area contributed by atoms with E-state index < -0.39 is 6.10 Å². The Balaban J connectivity index is 1.88. The number of aliphatic hydroxyl groups is 1. The van der Waals surface area contributed by atoms with Gasteiger partial charge in [-0.05, 0) is 13.1 Å². The van der Waals surface area contributed by atoms with E-state index >= 15 is 0 Å². The van der Waals surface area contributed by atoms with Gasteiger partial charge in [0.05, 0.1) is 16.7 Å². The number of halogens is 1. The molecular formula is C15H22ClN5O. The van der Waals surface area contributed by atoms with Gasteiger partial charge in [-0.1, -0.05) is 11.6 Å². The minimum Gasteiger partial charge on any atom is -0.390 e. The Bertz CT molecular complexity index is 539. The van der Waals surface area contributed by atoms with Gasteiger partial charge in [0.25, 0.3) is 0 Å². The van der Waals surface area contributed by atoms with Gasteiger partial charge in [0, 0.05) is 52.5 Å². The van der Waals surface area contributed by atoms with Crippen molar-refractivity contribution < 1.29 is 5.11 Å². The number of anilines is 1. The summed E-state index contributed by atoms with van der Waals surface area (Å²) in [5.74, 6) is 0.582. The van der Waals surface area contributed by atoms with Crippen molar-refractivity contribution in [3.05, 3.63) is 22.8 Å². The van der Waals surface area contributed by atoms with Crippen molar-refractivity contribution in [3.8, 4) is 6.07 Å². The van der Waals surface area contributed by atoms with E-state index in [0.29, 0.717) is 29.5 Å². The molecule has 7 heteroatoms. The highest BCUT2D eigenvalue weighted by Crippen LogP contribution is 2.23. The Morgan fingerprint density at radius 2 is 2.14 bits per heavy atom. The van der Waals surface area contributed by atoms with Crippen molar-refractivity contribution in [1.29, 1.82) is 5.26 Å². The molecule has 0 radical (unpaired) electrons. The molecule has 1 aliphatic heterocycles. The maximum Gasteiger partial charge on any atom is 0.147 e. The Kier molecular flexibility index (Phi) is 5.98. The van der Waals surface area contributed by atoms with Gasteiger partial charge in [0.2, 0.25) is 0 Å². The molecule has 1 atom stereocenters. The fourth-order valence-corrected chi connectivity index (χ4v) is 2.87. The molecule has 1 fully saturated rings. The summed E-state index contributed by atoms with van der Waals surface area (Å²) in [5, 5.41) is 19.5. The van der Waals surface area contributed by atoms with Crippen LogP contribution in [0.5, 0.6) is 0 Å². The van der Waals surface area contributed by atoms with Crippen LogP contribution in [0.2, 0.25) is 5.02 Å². The lowest BCUT2D eigenvalue weighted by molar-refractivity contribution is 0.0842. The number of nitrogens with zero attached hydrogens (tertiary/aromatic N) is 5. The lowest BCUT2D eigenvalue weighted by Gasteiger charge is -2.34. The van der Waals surface area contributed by atoms with Gasteiger partial charge in [-0.2, -0.15) is 5.26 Å². The maximum atomic E-state index is 10.3. The Morgan fingerprint density at radius 1 is 1.45 bits per heavy atom. The van der Waals surface area contributed by atoms with Crippen LogP contribution >= 0.6 is 11.6 Å². The zero-order valence-corrected chi connectivity index (χ0v) is 13.8. The highest BCUT2D eigenvalue weighted by molar-refractivity contribution is 6.33. The number of β-amino-alcohol motifs (C(OH)–C–C–N with tert-alkyl or cyclic N) is 1. The van der Waals surface area contributed by atoms with Gasteiger partial charge in [0.15, 0.2) is 0 Å². The van der Waals surface area contributed by atoms with Gasteiger partial charge in [-0.3, -0.25) is 4.90 Å². The Hall–Kier alpha value is -1.39. The number of piperazine rings is 1. The van der Waals surface area contributed by atoms with Gasteiger partial charge in [-0.15, -0.1) is 0 Å². The highest BCUT2D eigenvalue weighted by atomic mass is 35.5. The first kappa shape index (κ1) is 17.0. The quantitative estimate of drug-likeness (QED) is 0.858. The molecule has 1 aromatic rings. The number of rotatable bonds is 5. The van der Waals surface area contributed by atoms with Gasteiger partial charge >= 0.3 is 0 Å². The minimum atomic E-state index is -0.470. The lowest BCUT2D eigenvalue weighted by Crippen LogP contribution is -2.48. The van der Waals surface area contributed by atoms with Crippen LogP contribution in [0.1, 0.15) is 5.56 Å². The standard InChI is InChI=1S/C15H22ClN5O/c1-19-3-5-21(6-4-19)11-13(22)10-20(2)15-14(16)7-12(8-17)9-18-15/h7,9,13,22H,3-6,10-11H2,1-2H3/t13-/m1/s1. The van der Waals surface area contributed by atoms with Crippen LogP contribution in [0, 0.1) is 11.3 Å². The number of likely N-dealkylation sites (N-methyl/N-ethyl adjacent to an activating group) is 2. The molecule has 0 aliphatic carbocycles.